The van der Waals surface area contributed by atoms with Gasteiger partial charge in [0.05, 0.1) is 17.9 Å². The summed E-state index contributed by atoms with van der Waals surface area (Å²) in [4.78, 5) is 24.4. The van der Waals surface area contributed by atoms with E-state index in [1.807, 2.05) is 30.3 Å². The standard InChI is InChI=1S/C21H20FN3O3/c1-14-20(15(2)25(24-14)12-16-7-4-3-5-8-16)21(27)28-13-19(26)23-18-10-6-9-17(22)11-18/h3-11H,12-13H2,1-2H3,(H,23,26). The molecule has 0 aliphatic carbocycles. The molecule has 144 valence electrons. The number of anilines is 1. The SMILES string of the molecule is Cc1nn(Cc2ccccc2)c(C)c1C(=O)OCC(=O)Nc1cccc(F)c1. The van der Waals surface area contributed by atoms with Crippen molar-refractivity contribution in [1.82, 2.24) is 9.78 Å². The first-order valence-corrected chi connectivity index (χ1v) is 8.74. The van der Waals surface area contributed by atoms with E-state index in [-0.39, 0.29) is 0 Å². The summed E-state index contributed by atoms with van der Waals surface area (Å²) >= 11 is 0. The number of halogens is 1. The van der Waals surface area contributed by atoms with Crippen molar-refractivity contribution >= 4 is 17.6 Å². The van der Waals surface area contributed by atoms with Gasteiger partial charge in [0.25, 0.3) is 5.91 Å². The van der Waals surface area contributed by atoms with Crippen molar-refractivity contribution < 1.29 is 18.7 Å². The molecule has 0 bridgehead atoms. The van der Waals surface area contributed by atoms with Crippen LogP contribution >= 0.6 is 0 Å². The van der Waals surface area contributed by atoms with Gasteiger partial charge in [-0.1, -0.05) is 36.4 Å². The zero-order valence-electron chi connectivity index (χ0n) is 15.6. The molecular formula is C21H20FN3O3. The lowest BCUT2D eigenvalue weighted by molar-refractivity contribution is -0.119. The van der Waals surface area contributed by atoms with Crippen molar-refractivity contribution in [2.24, 2.45) is 0 Å². The van der Waals surface area contributed by atoms with E-state index < -0.39 is 24.3 Å². The summed E-state index contributed by atoms with van der Waals surface area (Å²) in [5.41, 5.74) is 2.89. The minimum Gasteiger partial charge on any atom is -0.452 e. The maximum absolute atomic E-state index is 13.2. The maximum Gasteiger partial charge on any atom is 0.342 e. The fourth-order valence-corrected chi connectivity index (χ4v) is 2.87. The second-order valence-electron chi connectivity index (χ2n) is 6.32. The number of hydrogen-bond donors (Lipinski definition) is 1. The Morgan fingerprint density at radius 1 is 1.11 bits per heavy atom. The highest BCUT2D eigenvalue weighted by Gasteiger charge is 2.21. The molecule has 0 radical (unpaired) electrons. The Balaban J connectivity index is 1.63. The molecular weight excluding hydrogens is 361 g/mol. The zero-order valence-corrected chi connectivity index (χ0v) is 15.6. The average Bonchev–Trinajstić information content (AvgIpc) is 2.94. The van der Waals surface area contributed by atoms with Gasteiger partial charge in [0.1, 0.15) is 11.4 Å². The Bertz CT molecular complexity index is 999. The van der Waals surface area contributed by atoms with Crippen LogP contribution in [0.1, 0.15) is 27.3 Å². The van der Waals surface area contributed by atoms with Gasteiger partial charge in [-0.15, -0.1) is 0 Å². The number of carbonyl (C=O) groups excluding carboxylic acids is 2. The third-order valence-corrected chi connectivity index (χ3v) is 4.20. The van der Waals surface area contributed by atoms with Crippen LogP contribution < -0.4 is 5.32 Å². The first kappa shape index (κ1) is 19.3. The smallest absolute Gasteiger partial charge is 0.342 e. The predicted octanol–water partition coefficient (Wildman–Crippen LogP) is 3.48. The molecule has 3 rings (SSSR count). The molecule has 0 saturated heterocycles. The Morgan fingerprint density at radius 2 is 1.86 bits per heavy atom. The second kappa shape index (κ2) is 8.47. The topological polar surface area (TPSA) is 73.2 Å². The van der Waals surface area contributed by atoms with Crippen molar-refractivity contribution in [3.05, 3.63) is 82.9 Å². The van der Waals surface area contributed by atoms with E-state index in [4.69, 9.17) is 4.74 Å². The van der Waals surface area contributed by atoms with Gasteiger partial charge in [0.15, 0.2) is 6.61 Å². The van der Waals surface area contributed by atoms with Crippen molar-refractivity contribution in [3.8, 4) is 0 Å². The number of nitrogens with zero attached hydrogens (tertiary/aromatic N) is 2. The number of rotatable bonds is 6. The average molecular weight is 381 g/mol. The molecule has 0 aliphatic rings. The van der Waals surface area contributed by atoms with Crippen LogP contribution in [0.2, 0.25) is 0 Å². The molecule has 7 heteroatoms. The van der Waals surface area contributed by atoms with Gasteiger partial charge in [-0.25, -0.2) is 9.18 Å². The number of esters is 1. The molecule has 0 fully saturated rings. The highest BCUT2D eigenvalue weighted by atomic mass is 19.1. The Morgan fingerprint density at radius 3 is 2.57 bits per heavy atom. The van der Waals surface area contributed by atoms with Crippen LogP contribution in [-0.2, 0) is 16.1 Å². The van der Waals surface area contributed by atoms with Gasteiger partial charge in [0.2, 0.25) is 0 Å². The number of amides is 1. The molecule has 2 aromatic carbocycles. The van der Waals surface area contributed by atoms with E-state index in [2.05, 4.69) is 10.4 Å². The lowest BCUT2D eigenvalue weighted by atomic mass is 10.2. The molecule has 28 heavy (non-hydrogen) atoms. The van der Waals surface area contributed by atoms with Crippen LogP contribution in [-0.4, -0.2) is 28.3 Å². The number of nitrogens with one attached hydrogen (secondary N) is 1. The molecule has 1 heterocycles. The first-order chi connectivity index (χ1) is 13.4. The highest BCUT2D eigenvalue weighted by Crippen LogP contribution is 2.16. The van der Waals surface area contributed by atoms with Crippen LogP contribution in [0.4, 0.5) is 10.1 Å². The van der Waals surface area contributed by atoms with Crippen molar-refractivity contribution in [2.75, 3.05) is 11.9 Å². The zero-order chi connectivity index (χ0) is 20.1. The normalized spacial score (nSPS) is 10.5. The lowest BCUT2D eigenvalue weighted by Gasteiger charge is -2.08. The van der Waals surface area contributed by atoms with Gasteiger partial charge in [0, 0.05) is 5.69 Å². The molecule has 0 saturated carbocycles. The minimum absolute atomic E-state index is 0.295. The molecule has 0 atom stereocenters. The van der Waals surface area contributed by atoms with E-state index in [9.17, 15) is 14.0 Å². The largest absolute Gasteiger partial charge is 0.452 e. The highest BCUT2D eigenvalue weighted by molar-refractivity contribution is 5.96. The molecule has 1 N–H and O–H groups in total. The number of carbonyl (C=O) groups is 2. The quantitative estimate of drug-likeness (QED) is 0.664. The van der Waals surface area contributed by atoms with Crippen molar-refractivity contribution in [2.45, 2.75) is 20.4 Å². The van der Waals surface area contributed by atoms with Crippen molar-refractivity contribution in [3.63, 3.8) is 0 Å². The third-order valence-electron chi connectivity index (χ3n) is 4.20. The van der Waals surface area contributed by atoms with Gasteiger partial charge in [-0.3, -0.25) is 9.48 Å². The van der Waals surface area contributed by atoms with Gasteiger partial charge < -0.3 is 10.1 Å². The lowest BCUT2D eigenvalue weighted by Crippen LogP contribution is -2.21. The summed E-state index contributed by atoms with van der Waals surface area (Å²) in [6.07, 6.45) is 0. The fourth-order valence-electron chi connectivity index (χ4n) is 2.87. The van der Waals surface area contributed by atoms with Gasteiger partial charge >= 0.3 is 5.97 Å². The van der Waals surface area contributed by atoms with E-state index in [1.165, 1.54) is 18.2 Å². The minimum atomic E-state index is -0.622. The third kappa shape index (κ3) is 4.62. The second-order valence-corrected chi connectivity index (χ2v) is 6.32. The number of aryl methyl sites for hydroxylation is 1. The van der Waals surface area contributed by atoms with Crippen LogP contribution in [0.5, 0.6) is 0 Å². The Hall–Kier alpha value is -3.48. The van der Waals surface area contributed by atoms with Crippen molar-refractivity contribution in [1.29, 1.82) is 0 Å². The predicted molar refractivity (Wildman–Crippen MR) is 103 cm³/mol. The van der Waals surface area contributed by atoms with Gasteiger partial charge in [-0.2, -0.15) is 5.10 Å². The van der Waals surface area contributed by atoms with Crippen LogP contribution in [0.25, 0.3) is 0 Å². The first-order valence-electron chi connectivity index (χ1n) is 8.74. The number of aromatic nitrogens is 2. The van der Waals surface area contributed by atoms with E-state index in [1.54, 1.807) is 24.6 Å². The molecule has 1 aromatic heterocycles. The fraction of sp³-hybridized carbons (Fsp3) is 0.190. The maximum atomic E-state index is 13.2. The summed E-state index contributed by atoms with van der Waals surface area (Å²) in [6, 6.07) is 15.2. The summed E-state index contributed by atoms with van der Waals surface area (Å²) in [5, 5.41) is 6.88. The van der Waals surface area contributed by atoms with Crippen LogP contribution in [0, 0.1) is 19.7 Å². The molecule has 0 unspecified atom stereocenters. The Labute approximate surface area is 161 Å². The number of ether oxygens (including phenoxy) is 1. The molecule has 6 nitrogen and oxygen atoms in total. The molecule has 0 aliphatic heterocycles. The molecule has 1 amide bonds. The van der Waals surface area contributed by atoms with E-state index in [0.717, 1.165) is 5.56 Å². The summed E-state index contributed by atoms with van der Waals surface area (Å²) in [6.45, 7) is 3.56. The molecule has 0 spiro atoms. The van der Waals surface area contributed by atoms with Gasteiger partial charge in [-0.05, 0) is 37.6 Å². The Kier molecular flexibility index (Phi) is 5.84. The van der Waals surface area contributed by atoms with E-state index >= 15 is 0 Å². The van der Waals surface area contributed by atoms with E-state index in [0.29, 0.717) is 29.2 Å². The van der Waals surface area contributed by atoms with Crippen LogP contribution in [0.3, 0.4) is 0 Å². The number of benzene rings is 2. The monoisotopic (exact) mass is 381 g/mol. The summed E-state index contributed by atoms with van der Waals surface area (Å²) in [7, 11) is 0. The summed E-state index contributed by atoms with van der Waals surface area (Å²) in [5.74, 6) is -1.64. The van der Waals surface area contributed by atoms with Crippen LogP contribution in [0.15, 0.2) is 54.6 Å². The number of hydrogen-bond acceptors (Lipinski definition) is 4. The summed E-state index contributed by atoms with van der Waals surface area (Å²) < 4.78 is 20.0. The molecule has 3 aromatic rings.